The van der Waals surface area contributed by atoms with E-state index in [-0.39, 0.29) is 6.29 Å². The van der Waals surface area contributed by atoms with Crippen molar-refractivity contribution in [2.24, 2.45) is 0 Å². The van der Waals surface area contributed by atoms with Crippen LogP contribution in [0.1, 0.15) is 40.3 Å². The highest BCUT2D eigenvalue weighted by molar-refractivity contribution is 7.19. The van der Waals surface area contributed by atoms with Crippen molar-refractivity contribution < 1.29 is 9.57 Å². The highest BCUT2D eigenvalue weighted by Gasteiger charge is 2.40. The zero-order chi connectivity index (χ0) is 21.5. The third-order valence-electron chi connectivity index (χ3n) is 6.89. The van der Waals surface area contributed by atoms with Crippen molar-refractivity contribution in [1.82, 2.24) is 20.1 Å². The number of hydrogen-bond acceptors (Lipinski definition) is 8. The number of anilines is 1. The van der Waals surface area contributed by atoms with Crippen LogP contribution in [-0.4, -0.2) is 26.4 Å². The summed E-state index contributed by atoms with van der Waals surface area (Å²) < 4.78 is 5.97. The third-order valence-corrected chi connectivity index (χ3v) is 8.09. The van der Waals surface area contributed by atoms with Crippen LogP contribution in [0.5, 0.6) is 5.75 Å². The predicted octanol–water partition coefficient (Wildman–Crippen LogP) is 5.06. The maximum atomic E-state index is 6.21. The molecule has 3 aromatic heterocycles. The molecule has 0 radical (unpaired) electrons. The summed E-state index contributed by atoms with van der Waals surface area (Å²) in [6.07, 6.45) is 8.67. The number of thiophene rings is 1. The van der Waals surface area contributed by atoms with E-state index in [0.29, 0.717) is 18.3 Å². The number of ether oxygens (including phenoxy) is 1. The van der Waals surface area contributed by atoms with E-state index in [0.717, 1.165) is 40.2 Å². The fraction of sp³-hybridized carbons (Fsp3) is 0.240. The van der Waals surface area contributed by atoms with Gasteiger partial charge in [0.1, 0.15) is 10.6 Å². The van der Waals surface area contributed by atoms with Crippen molar-refractivity contribution in [2.75, 3.05) is 5.43 Å². The van der Waals surface area contributed by atoms with E-state index in [1.54, 1.807) is 28.9 Å². The van der Waals surface area contributed by atoms with Gasteiger partial charge in [-0.05, 0) is 42.2 Å². The third kappa shape index (κ3) is 2.65. The molecule has 4 aromatic rings. The lowest BCUT2D eigenvalue weighted by atomic mass is 9.80. The number of pyridine rings is 1. The summed E-state index contributed by atoms with van der Waals surface area (Å²) in [4.78, 5) is 22.7. The Balaban J connectivity index is 1.26. The Hall–Kier alpha value is -3.33. The number of nitrogens with zero attached hydrogens (tertiary/aromatic N) is 4. The molecule has 4 aliphatic rings. The van der Waals surface area contributed by atoms with Gasteiger partial charge in [-0.25, -0.2) is 14.8 Å². The van der Waals surface area contributed by atoms with E-state index in [9.17, 15) is 0 Å². The van der Waals surface area contributed by atoms with Crippen molar-refractivity contribution in [3.8, 4) is 17.1 Å². The predicted molar refractivity (Wildman–Crippen MR) is 125 cm³/mol. The minimum Gasteiger partial charge on any atom is -0.463 e. The molecule has 8 heteroatoms. The van der Waals surface area contributed by atoms with Gasteiger partial charge in [-0.1, -0.05) is 23.4 Å². The number of nitrogens with one attached hydrogen (secondary N) is 1. The molecule has 2 atom stereocenters. The van der Waals surface area contributed by atoms with Crippen molar-refractivity contribution in [1.29, 1.82) is 0 Å². The summed E-state index contributed by atoms with van der Waals surface area (Å²) in [5.74, 6) is 2.93. The van der Waals surface area contributed by atoms with Gasteiger partial charge in [0.05, 0.1) is 11.9 Å². The molecule has 7 nitrogen and oxygen atoms in total. The number of fused-ring (bicyclic) bond motifs is 8. The molecule has 0 spiro atoms. The number of benzene rings is 1. The van der Waals surface area contributed by atoms with Crippen LogP contribution < -0.4 is 10.2 Å². The molecule has 0 saturated heterocycles. The van der Waals surface area contributed by atoms with Crippen molar-refractivity contribution in [3.63, 3.8) is 0 Å². The number of aromatic nitrogens is 3. The van der Waals surface area contributed by atoms with Crippen LogP contribution in [0.4, 0.5) is 5.82 Å². The Kier molecular flexibility index (Phi) is 3.63. The minimum absolute atomic E-state index is 0.340. The summed E-state index contributed by atoms with van der Waals surface area (Å²) in [7, 11) is 0. The first-order chi connectivity index (χ1) is 16.3. The van der Waals surface area contributed by atoms with Crippen LogP contribution in [0.2, 0.25) is 0 Å². The van der Waals surface area contributed by atoms with E-state index in [2.05, 4.69) is 28.6 Å². The molecule has 2 aliphatic heterocycles. The highest BCUT2D eigenvalue weighted by atomic mass is 32.1. The number of hydrogen-bond donors (Lipinski definition) is 1. The number of hydroxylamine groups is 1. The summed E-state index contributed by atoms with van der Waals surface area (Å²) in [5, 5.41) is 2.85. The van der Waals surface area contributed by atoms with Gasteiger partial charge in [0.2, 0.25) is 6.29 Å². The standard InChI is InChI=1S/C25H19N5O2S/c1-2-16-17(3-1)22-20(16)21-24(27-23(28-25(21)33-22)14-6-8-26-9-7-14)29-30-12-13-4-5-18-15(10-13)11-19(31-18)32-30/h2,4-10,17,19H,1,3,11-12H2,(H,27,28,29). The van der Waals surface area contributed by atoms with Crippen molar-refractivity contribution in [2.45, 2.75) is 38.0 Å². The average Bonchev–Trinajstić information content (AvgIpc) is 3.51. The SMILES string of the molecule is C1=C2c3c(sc4nc(-c5ccncc5)nc(NN5Cc6ccc7c(c6)CC(O7)O5)c34)C2CC1. The fourth-order valence-corrected chi connectivity index (χ4v) is 6.74. The van der Waals surface area contributed by atoms with Crippen molar-refractivity contribution >= 4 is 32.9 Å². The molecule has 3 bridgehead atoms. The molecule has 5 heterocycles. The molecule has 0 amide bonds. The largest absolute Gasteiger partial charge is 0.463 e. The fourth-order valence-electron chi connectivity index (χ4n) is 5.39. The molecule has 1 N–H and O–H groups in total. The van der Waals surface area contributed by atoms with Crippen LogP contribution in [0.25, 0.3) is 27.2 Å². The topological polar surface area (TPSA) is 72.4 Å². The van der Waals surface area contributed by atoms with E-state index in [1.807, 2.05) is 18.2 Å². The van der Waals surface area contributed by atoms with Gasteiger partial charge in [0.15, 0.2) is 11.6 Å². The molecular weight excluding hydrogens is 434 g/mol. The van der Waals surface area contributed by atoms with Gasteiger partial charge in [0.25, 0.3) is 0 Å². The Morgan fingerprint density at radius 2 is 2.06 bits per heavy atom. The number of hydrazine groups is 1. The van der Waals surface area contributed by atoms with E-state index < -0.39 is 0 Å². The van der Waals surface area contributed by atoms with Crippen LogP contribution in [0, 0.1) is 0 Å². The lowest BCUT2D eigenvalue weighted by Crippen LogP contribution is -2.37. The molecule has 33 heavy (non-hydrogen) atoms. The van der Waals surface area contributed by atoms with Gasteiger partial charge >= 0.3 is 0 Å². The zero-order valence-electron chi connectivity index (χ0n) is 17.6. The first-order valence-electron chi connectivity index (χ1n) is 11.2. The molecule has 162 valence electrons. The zero-order valence-corrected chi connectivity index (χ0v) is 18.4. The second kappa shape index (κ2) is 6.60. The highest BCUT2D eigenvalue weighted by Crippen LogP contribution is 2.59. The summed E-state index contributed by atoms with van der Waals surface area (Å²) in [5.41, 5.74) is 9.57. The van der Waals surface area contributed by atoms with Gasteiger partial charge in [-0.3, -0.25) is 10.4 Å². The lowest BCUT2D eigenvalue weighted by Gasteiger charge is -2.28. The first kappa shape index (κ1) is 18.1. The molecule has 0 saturated carbocycles. The van der Waals surface area contributed by atoms with Crippen LogP contribution in [0.3, 0.4) is 0 Å². The van der Waals surface area contributed by atoms with Gasteiger partial charge < -0.3 is 4.74 Å². The molecule has 2 aliphatic carbocycles. The monoisotopic (exact) mass is 453 g/mol. The molecule has 1 aromatic carbocycles. The maximum Gasteiger partial charge on any atom is 0.224 e. The minimum atomic E-state index is -0.340. The Labute approximate surface area is 193 Å². The molecule has 2 unspecified atom stereocenters. The lowest BCUT2D eigenvalue weighted by molar-refractivity contribution is -0.240. The van der Waals surface area contributed by atoms with E-state index in [1.165, 1.54) is 33.6 Å². The Morgan fingerprint density at radius 3 is 3.00 bits per heavy atom. The van der Waals surface area contributed by atoms with Crippen molar-refractivity contribution in [3.05, 3.63) is 70.4 Å². The quantitative estimate of drug-likeness (QED) is 0.465. The second-order valence-corrected chi connectivity index (χ2v) is 9.92. The summed E-state index contributed by atoms with van der Waals surface area (Å²) in [6.45, 7) is 0.584. The van der Waals surface area contributed by atoms with E-state index >= 15 is 0 Å². The molecule has 0 fully saturated rings. The summed E-state index contributed by atoms with van der Waals surface area (Å²) in [6, 6.07) is 10.2. The van der Waals surface area contributed by atoms with Crippen LogP contribution >= 0.6 is 11.3 Å². The number of allylic oxidation sites excluding steroid dienone is 2. The van der Waals surface area contributed by atoms with Gasteiger partial charge in [-0.15, -0.1) is 11.3 Å². The first-order valence-corrected chi connectivity index (χ1v) is 12.1. The summed E-state index contributed by atoms with van der Waals surface area (Å²) >= 11 is 1.80. The van der Waals surface area contributed by atoms with Gasteiger partial charge in [0, 0.05) is 46.3 Å². The molecular formula is C25H19N5O2S. The average molecular weight is 454 g/mol. The Bertz CT molecular complexity index is 1480. The van der Waals surface area contributed by atoms with E-state index in [4.69, 9.17) is 19.5 Å². The number of rotatable bonds is 3. The second-order valence-electron chi connectivity index (χ2n) is 8.89. The van der Waals surface area contributed by atoms with Crippen LogP contribution in [0.15, 0.2) is 48.8 Å². The normalized spacial score (nSPS) is 22.2. The Morgan fingerprint density at radius 1 is 1.12 bits per heavy atom. The molecule has 8 rings (SSSR count). The smallest absolute Gasteiger partial charge is 0.224 e. The maximum absolute atomic E-state index is 6.21. The van der Waals surface area contributed by atoms with Gasteiger partial charge in [-0.2, -0.15) is 0 Å². The van der Waals surface area contributed by atoms with Crippen LogP contribution in [-0.2, 0) is 17.8 Å².